The van der Waals surface area contributed by atoms with Crippen molar-refractivity contribution in [3.05, 3.63) is 0 Å². The van der Waals surface area contributed by atoms with Gasteiger partial charge < -0.3 is 9.84 Å². The highest BCUT2D eigenvalue weighted by Crippen LogP contribution is 2.62. The number of carbonyl (C=O) groups excluding carboxylic acids is 1. The number of aliphatic hydroxyl groups is 1. The molecular formula is C17H26F2O3. The first-order valence-electron chi connectivity index (χ1n) is 8.51. The average molecular weight is 316 g/mol. The van der Waals surface area contributed by atoms with E-state index < -0.39 is 30.0 Å². The van der Waals surface area contributed by atoms with E-state index in [0.29, 0.717) is 12.3 Å². The van der Waals surface area contributed by atoms with Crippen molar-refractivity contribution < 1.29 is 23.4 Å². The number of halogens is 2. The molecule has 0 spiro atoms. The van der Waals surface area contributed by atoms with Crippen LogP contribution in [0.3, 0.4) is 0 Å². The second-order valence-corrected chi connectivity index (χ2v) is 7.82. The van der Waals surface area contributed by atoms with Crippen LogP contribution in [0.4, 0.5) is 8.78 Å². The Labute approximate surface area is 130 Å². The number of rotatable bonds is 5. The van der Waals surface area contributed by atoms with Crippen molar-refractivity contribution in [2.45, 2.75) is 63.9 Å². The van der Waals surface area contributed by atoms with Gasteiger partial charge in [0.15, 0.2) is 6.61 Å². The fraction of sp³-hybridized carbons (Fsp3) is 0.941. The van der Waals surface area contributed by atoms with Crippen molar-refractivity contribution in [3.63, 3.8) is 0 Å². The standard InChI is InChI=1S/C17H26F2O3/c1-3-4-17(21)12-6-10-5-11(8-12)14(13(17)7-10)15(20)22-9-16(2,18)19/h10-14,21H,3-9H2,1-2H3. The maximum Gasteiger partial charge on any atom is 0.309 e. The molecule has 0 heterocycles. The molecule has 4 aliphatic carbocycles. The summed E-state index contributed by atoms with van der Waals surface area (Å²) in [7, 11) is 0. The van der Waals surface area contributed by atoms with Gasteiger partial charge in [-0.3, -0.25) is 4.79 Å². The quantitative estimate of drug-likeness (QED) is 0.791. The smallest absolute Gasteiger partial charge is 0.309 e. The molecule has 0 aromatic rings. The van der Waals surface area contributed by atoms with E-state index in [2.05, 4.69) is 0 Å². The summed E-state index contributed by atoms with van der Waals surface area (Å²) in [4.78, 5) is 12.4. The highest BCUT2D eigenvalue weighted by molar-refractivity contribution is 5.74. The molecule has 0 amide bonds. The fourth-order valence-electron chi connectivity index (χ4n) is 5.47. The highest BCUT2D eigenvalue weighted by Gasteiger charge is 2.62. The minimum Gasteiger partial charge on any atom is -0.459 e. The van der Waals surface area contributed by atoms with Gasteiger partial charge in [-0.2, -0.15) is 0 Å². The Kier molecular flexibility index (Phi) is 3.99. The Hall–Kier alpha value is -0.710. The molecule has 0 aromatic carbocycles. The van der Waals surface area contributed by atoms with Crippen LogP contribution in [-0.2, 0) is 9.53 Å². The van der Waals surface area contributed by atoms with Crippen LogP contribution in [0, 0.1) is 29.6 Å². The molecule has 126 valence electrons. The predicted octanol–water partition coefficient (Wildman–Crippen LogP) is 3.40. The molecule has 0 aromatic heterocycles. The van der Waals surface area contributed by atoms with Gasteiger partial charge in [-0.25, -0.2) is 8.78 Å². The van der Waals surface area contributed by atoms with Gasteiger partial charge in [0.05, 0.1) is 11.5 Å². The summed E-state index contributed by atoms with van der Waals surface area (Å²) in [6.07, 6.45) is 5.27. The van der Waals surface area contributed by atoms with Gasteiger partial charge in [0.25, 0.3) is 5.92 Å². The second kappa shape index (κ2) is 5.43. The van der Waals surface area contributed by atoms with Crippen LogP contribution in [-0.4, -0.2) is 29.2 Å². The second-order valence-electron chi connectivity index (χ2n) is 7.82. The zero-order valence-electron chi connectivity index (χ0n) is 13.4. The van der Waals surface area contributed by atoms with Crippen molar-refractivity contribution in [3.8, 4) is 0 Å². The van der Waals surface area contributed by atoms with E-state index >= 15 is 0 Å². The summed E-state index contributed by atoms with van der Waals surface area (Å²) < 4.78 is 30.8. The van der Waals surface area contributed by atoms with E-state index in [1.165, 1.54) is 0 Å². The molecule has 4 saturated carbocycles. The van der Waals surface area contributed by atoms with Crippen molar-refractivity contribution in [2.75, 3.05) is 6.61 Å². The predicted molar refractivity (Wildman–Crippen MR) is 77.4 cm³/mol. The third kappa shape index (κ3) is 2.66. The molecule has 0 saturated heterocycles. The molecule has 3 nitrogen and oxygen atoms in total. The van der Waals surface area contributed by atoms with E-state index in [9.17, 15) is 18.7 Å². The molecule has 4 aliphatic rings. The normalized spacial score (nSPS) is 43.4. The maximum absolute atomic E-state index is 13.0. The van der Waals surface area contributed by atoms with Crippen molar-refractivity contribution in [1.82, 2.24) is 0 Å². The van der Waals surface area contributed by atoms with Crippen LogP contribution in [0.25, 0.3) is 0 Å². The van der Waals surface area contributed by atoms with Crippen LogP contribution >= 0.6 is 0 Å². The van der Waals surface area contributed by atoms with Crippen LogP contribution in [0.5, 0.6) is 0 Å². The van der Waals surface area contributed by atoms with Crippen LogP contribution < -0.4 is 0 Å². The largest absolute Gasteiger partial charge is 0.459 e. The topological polar surface area (TPSA) is 46.5 Å². The summed E-state index contributed by atoms with van der Waals surface area (Å²) >= 11 is 0. The third-order valence-corrected chi connectivity index (χ3v) is 6.11. The Morgan fingerprint density at radius 2 is 2.05 bits per heavy atom. The van der Waals surface area contributed by atoms with Gasteiger partial charge in [-0.1, -0.05) is 13.3 Å². The van der Waals surface area contributed by atoms with Gasteiger partial charge in [0.2, 0.25) is 0 Å². The number of esters is 1. The molecule has 0 aliphatic heterocycles. The maximum atomic E-state index is 13.0. The van der Waals surface area contributed by atoms with Crippen LogP contribution in [0.2, 0.25) is 0 Å². The molecule has 4 rings (SSSR count). The van der Waals surface area contributed by atoms with Gasteiger partial charge in [-0.15, -0.1) is 0 Å². The summed E-state index contributed by atoms with van der Waals surface area (Å²) in [5, 5.41) is 11.2. The summed E-state index contributed by atoms with van der Waals surface area (Å²) in [5.41, 5.74) is -0.805. The molecular weight excluding hydrogens is 290 g/mol. The van der Waals surface area contributed by atoms with Crippen LogP contribution in [0.15, 0.2) is 0 Å². The first-order chi connectivity index (χ1) is 10.2. The lowest BCUT2D eigenvalue weighted by atomic mass is 9.45. The number of carbonyl (C=O) groups is 1. The Bertz CT molecular complexity index is 448. The first kappa shape index (κ1) is 16.2. The lowest BCUT2D eigenvalue weighted by Crippen LogP contribution is -2.63. The number of hydrogen-bond donors (Lipinski definition) is 1. The summed E-state index contributed by atoms with van der Waals surface area (Å²) in [5.74, 6) is -2.97. The Balaban J connectivity index is 1.78. The minimum absolute atomic E-state index is 0.110. The first-order valence-corrected chi connectivity index (χ1v) is 8.51. The summed E-state index contributed by atoms with van der Waals surface area (Å²) in [6.45, 7) is 1.93. The average Bonchev–Trinajstić information content (AvgIpc) is 2.41. The highest BCUT2D eigenvalue weighted by atomic mass is 19.3. The van der Waals surface area contributed by atoms with Gasteiger partial charge >= 0.3 is 5.97 Å². The fourth-order valence-corrected chi connectivity index (χ4v) is 5.47. The third-order valence-electron chi connectivity index (χ3n) is 6.11. The summed E-state index contributed by atoms with van der Waals surface area (Å²) in [6, 6.07) is 0. The zero-order valence-corrected chi connectivity index (χ0v) is 13.4. The van der Waals surface area contributed by atoms with Crippen LogP contribution in [0.1, 0.15) is 52.4 Å². The van der Waals surface area contributed by atoms with Crippen molar-refractivity contribution in [1.29, 1.82) is 0 Å². The lowest BCUT2D eigenvalue weighted by molar-refractivity contribution is -0.217. The SMILES string of the molecule is CCCC1(O)C2CC3CC(C2)C(C(=O)OCC(C)(F)F)C1C3. The van der Waals surface area contributed by atoms with Crippen molar-refractivity contribution >= 4 is 5.97 Å². The molecule has 6 unspecified atom stereocenters. The molecule has 22 heavy (non-hydrogen) atoms. The minimum atomic E-state index is -3.00. The monoisotopic (exact) mass is 316 g/mol. The van der Waals surface area contributed by atoms with E-state index in [-0.39, 0.29) is 17.8 Å². The number of ether oxygens (including phenoxy) is 1. The molecule has 0 radical (unpaired) electrons. The molecule has 6 atom stereocenters. The van der Waals surface area contributed by atoms with E-state index in [1.54, 1.807) is 0 Å². The van der Waals surface area contributed by atoms with Crippen molar-refractivity contribution in [2.24, 2.45) is 29.6 Å². The van der Waals surface area contributed by atoms with Gasteiger partial charge in [0, 0.05) is 12.8 Å². The van der Waals surface area contributed by atoms with E-state index in [4.69, 9.17) is 4.74 Å². The van der Waals surface area contributed by atoms with E-state index in [0.717, 1.165) is 39.0 Å². The zero-order chi connectivity index (χ0) is 16.1. The Morgan fingerprint density at radius 1 is 1.32 bits per heavy atom. The molecule has 1 N–H and O–H groups in total. The number of hydrogen-bond acceptors (Lipinski definition) is 3. The Morgan fingerprint density at radius 3 is 2.68 bits per heavy atom. The van der Waals surface area contributed by atoms with Gasteiger partial charge in [0.1, 0.15) is 0 Å². The molecule has 5 heteroatoms. The number of alkyl halides is 2. The van der Waals surface area contributed by atoms with E-state index in [1.807, 2.05) is 6.92 Å². The molecule has 4 fully saturated rings. The van der Waals surface area contributed by atoms with Gasteiger partial charge in [-0.05, 0) is 49.9 Å². The lowest BCUT2D eigenvalue weighted by Gasteiger charge is -2.61. The molecule has 4 bridgehead atoms.